The molecule has 108 valence electrons. The fraction of sp³-hybridized carbons (Fsp3) is 0.0667. The highest BCUT2D eigenvalue weighted by Gasteiger charge is 2.17. The van der Waals surface area contributed by atoms with E-state index in [-0.39, 0.29) is 4.90 Å². The fourth-order valence-electron chi connectivity index (χ4n) is 2.19. The second-order valence-electron chi connectivity index (χ2n) is 4.80. The van der Waals surface area contributed by atoms with E-state index >= 15 is 0 Å². The molecule has 1 heterocycles. The molecule has 0 saturated heterocycles. The van der Waals surface area contributed by atoms with Gasteiger partial charge in [0.1, 0.15) is 0 Å². The Morgan fingerprint density at radius 2 is 1.90 bits per heavy atom. The third-order valence-corrected chi connectivity index (χ3v) is 5.26. The number of fused-ring (bicyclic) bond motifs is 1. The van der Waals surface area contributed by atoms with E-state index in [1.54, 1.807) is 31.2 Å². The largest absolute Gasteiger partial charge is 0.361 e. The Balaban J connectivity index is 2.00. The number of rotatable bonds is 3. The lowest BCUT2D eigenvalue weighted by atomic mass is 10.2. The van der Waals surface area contributed by atoms with Gasteiger partial charge in [0.25, 0.3) is 10.0 Å². The van der Waals surface area contributed by atoms with Crippen molar-refractivity contribution in [2.24, 2.45) is 0 Å². The zero-order valence-corrected chi connectivity index (χ0v) is 13.6. The number of sulfonamides is 1. The van der Waals surface area contributed by atoms with Crippen LogP contribution in [-0.4, -0.2) is 13.4 Å². The molecule has 2 aromatic carbocycles. The summed E-state index contributed by atoms with van der Waals surface area (Å²) in [6.07, 6.45) is 1.82. The smallest absolute Gasteiger partial charge is 0.262 e. The second kappa shape index (κ2) is 5.20. The number of benzene rings is 2. The van der Waals surface area contributed by atoms with Crippen LogP contribution in [0.5, 0.6) is 0 Å². The molecule has 3 rings (SSSR count). The molecular weight excluding hydrogens is 352 g/mol. The Morgan fingerprint density at radius 1 is 1.10 bits per heavy atom. The second-order valence-corrected chi connectivity index (χ2v) is 7.36. The van der Waals surface area contributed by atoms with E-state index in [4.69, 9.17) is 0 Å². The molecule has 3 aromatic rings. The summed E-state index contributed by atoms with van der Waals surface area (Å²) in [4.78, 5) is 3.34. The summed E-state index contributed by atoms with van der Waals surface area (Å²) >= 11 is 3.31. The molecule has 1 aromatic heterocycles. The van der Waals surface area contributed by atoms with Crippen LogP contribution in [0, 0.1) is 6.92 Å². The van der Waals surface area contributed by atoms with Crippen molar-refractivity contribution in [3.63, 3.8) is 0 Å². The third-order valence-electron chi connectivity index (χ3n) is 3.25. The van der Waals surface area contributed by atoms with Crippen LogP contribution in [0.25, 0.3) is 10.9 Å². The molecule has 0 spiro atoms. The first-order chi connectivity index (χ1) is 9.95. The number of hydrogen-bond donors (Lipinski definition) is 2. The number of H-pyrrole nitrogens is 1. The minimum atomic E-state index is -3.61. The van der Waals surface area contributed by atoms with E-state index in [1.807, 2.05) is 24.4 Å². The van der Waals surface area contributed by atoms with Crippen molar-refractivity contribution in [2.45, 2.75) is 11.8 Å². The minimum Gasteiger partial charge on any atom is -0.361 e. The molecule has 6 heteroatoms. The lowest BCUT2D eigenvalue weighted by Crippen LogP contribution is -2.14. The van der Waals surface area contributed by atoms with Gasteiger partial charge in [-0.1, -0.05) is 22.0 Å². The molecule has 0 saturated carbocycles. The van der Waals surface area contributed by atoms with Crippen molar-refractivity contribution in [2.75, 3.05) is 4.72 Å². The average Bonchev–Trinajstić information content (AvgIpc) is 2.88. The summed E-state index contributed by atoms with van der Waals surface area (Å²) in [6, 6.07) is 12.5. The highest BCUT2D eigenvalue weighted by atomic mass is 79.9. The van der Waals surface area contributed by atoms with Crippen LogP contribution in [0.15, 0.2) is 58.0 Å². The molecular formula is C15H13BrN2O2S. The van der Waals surface area contributed by atoms with Crippen molar-refractivity contribution in [1.82, 2.24) is 4.98 Å². The monoisotopic (exact) mass is 364 g/mol. The van der Waals surface area contributed by atoms with Gasteiger partial charge in [-0.25, -0.2) is 8.42 Å². The maximum absolute atomic E-state index is 12.5. The van der Waals surface area contributed by atoms with Gasteiger partial charge in [0, 0.05) is 27.3 Å². The normalized spacial score (nSPS) is 11.7. The first-order valence-electron chi connectivity index (χ1n) is 6.32. The van der Waals surface area contributed by atoms with Gasteiger partial charge < -0.3 is 4.98 Å². The van der Waals surface area contributed by atoms with Crippen LogP contribution in [0.1, 0.15) is 5.56 Å². The van der Waals surface area contributed by atoms with Crippen molar-refractivity contribution in [1.29, 1.82) is 0 Å². The van der Waals surface area contributed by atoms with Crippen LogP contribution >= 0.6 is 15.9 Å². The molecule has 0 aliphatic carbocycles. The number of hydrogen-bond acceptors (Lipinski definition) is 2. The molecule has 0 fully saturated rings. The highest BCUT2D eigenvalue weighted by molar-refractivity contribution is 9.10. The van der Waals surface area contributed by atoms with Crippen LogP contribution in [0.2, 0.25) is 0 Å². The lowest BCUT2D eigenvalue weighted by molar-refractivity contribution is 0.600. The van der Waals surface area contributed by atoms with Crippen molar-refractivity contribution < 1.29 is 8.42 Å². The third kappa shape index (κ3) is 2.82. The number of aromatic amines is 1. The van der Waals surface area contributed by atoms with Crippen molar-refractivity contribution >= 4 is 42.5 Å². The van der Waals surface area contributed by atoms with E-state index in [9.17, 15) is 8.42 Å². The molecule has 2 N–H and O–H groups in total. The van der Waals surface area contributed by atoms with E-state index < -0.39 is 10.0 Å². The van der Waals surface area contributed by atoms with Gasteiger partial charge in [-0.3, -0.25) is 4.72 Å². The number of anilines is 1. The topological polar surface area (TPSA) is 62.0 Å². The van der Waals surface area contributed by atoms with Crippen molar-refractivity contribution in [3.8, 4) is 0 Å². The first-order valence-corrected chi connectivity index (χ1v) is 8.59. The number of nitrogens with one attached hydrogen (secondary N) is 2. The maximum Gasteiger partial charge on any atom is 0.262 e. The Kier molecular flexibility index (Phi) is 3.51. The Bertz CT molecular complexity index is 916. The molecule has 0 atom stereocenters. The fourth-order valence-corrected chi connectivity index (χ4v) is 4.02. The van der Waals surface area contributed by atoms with Gasteiger partial charge in [0.15, 0.2) is 0 Å². The summed E-state index contributed by atoms with van der Waals surface area (Å²) in [7, 11) is -3.61. The Morgan fingerprint density at radius 3 is 2.71 bits per heavy atom. The summed E-state index contributed by atoms with van der Waals surface area (Å²) in [5.41, 5.74) is 2.21. The predicted octanol–water partition coefficient (Wildman–Crippen LogP) is 4.04. The zero-order chi connectivity index (χ0) is 15.0. The van der Waals surface area contributed by atoms with Gasteiger partial charge in [0.05, 0.1) is 4.90 Å². The van der Waals surface area contributed by atoms with Gasteiger partial charge >= 0.3 is 0 Å². The van der Waals surface area contributed by atoms with Crippen molar-refractivity contribution in [3.05, 3.63) is 58.7 Å². The van der Waals surface area contributed by atoms with Crippen LogP contribution < -0.4 is 4.72 Å². The molecule has 4 nitrogen and oxygen atoms in total. The zero-order valence-electron chi connectivity index (χ0n) is 11.2. The Hall–Kier alpha value is -1.79. The molecule has 0 radical (unpaired) electrons. The van der Waals surface area contributed by atoms with Crippen LogP contribution in [-0.2, 0) is 10.0 Å². The predicted molar refractivity (Wildman–Crippen MR) is 88.0 cm³/mol. The maximum atomic E-state index is 12.5. The first kappa shape index (κ1) is 14.2. The Labute approximate surface area is 131 Å². The summed E-state index contributed by atoms with van der Waals surface area (Å²) in [6.45, 7) is 1.77. The summed E-state index contributed by atoms with van der Waals surface area (Å²) < 4.78 is 28.4. The molecule has 21 heavy (non-hydrogen) atoms. The number of aryl methyl sites for hydroxylation is 1. The summed E-state index contributed by atoms with van der Waals surface area (Å²) in [5, 5.41) is 0.959. The highest BCUT2D eigenvalue weighted by Crippen LogP contribution is 2.24. The van der Waals surface area contributed by atoms with Gasteiger partial charge in [0.2, 0.25) is 0 Å². The molecule has 0 aliphatic heterocycles. The molecule has 0 bridgehead atoms. The quantitative estimate of drug-likeness (QED) is 0.736. The SMILES string of the molecule is Cc1ccc(Br)cc1S(=O)(=O)Nc1ccc2[nH]ccc2c1. The van der Waals surface area contributed by atoms with Crippen LogP contribution in [0.3, 0.4) is 0 Å². The minimum absolute atomic E-state index is 0.269. The van der Waals surface area contributed by atoms with Gasteiger partial charge in [-0.05, 0) is 48.9 Å². The van der Waals surface area contributed by atoms with Gasteiger partial charge in [-0.2, -0.15) is 0 Å². The van der Waals surface area contributed by atoms with E-state index in [2.05, 4.69) is 25.6 Å². The number of halogens is 1. The standard InChI is InChI=1S/C15H13BrN2O2S/c1-10-2-3-12(16)9-15(10)21(19,20)18-13-4-5-14-11(8-13)6-7-17-14/h2-9,17-18H,1H3. The van der Waals surface area contributed by atoms with Crippen LogP contribution in [0.4, 0.5) is 5.69 Å². The molecule has 0 amide bonds. The van der Waals surface area contributed by atoms with E-state index in [0.717, 1.165) is 15.4 Å². The van der Waals surface area contributed by atoms with E-state index in [0.29, 0.717) is 11.3 Å². The average molecular weight is 365 g/mol. The molecule has 0 unspecified atom stereocenters. The lowest BCUT2D eigenvalue weighted by Gasteiger charge is -2.11. The van der Waals surface area contributed by atoms with E-state index in [1.165, 1.54) is 0 Å². The number of aromatic nitrogens is 1. The van der Waals surface area contributed by atoms with Gasteiger partial charge in [-0.15, -0.1) is 0 Å². The molecule has 0 aliphatic rings. The summed E-state index contributed by atoms with van der Waals surface area (Å²) in [5.74, 6) is 0.